The molecule has 0 bridgehead atoms. The molecule has 0 radical (unpaired) electrons. The Morgan fingerprint density at radius 3 is 2.52 bits per heavy atom. The molecular formula is C23H23FO3. The highest BCUT2D eigenvalue weighted by molar-refractivity contribution is 6.10. The molecule has 0 amide bonds. The van der Waals surface area contributed by atoms with Crippen molar-refractivity contribution < 1.29 is 18.7 Å². The summed E-state index contributed by atoms with van der Waals surface area (Å²) in [5.41, 5.74) is 3.51. The van der Waals surface area contributed by atoms with Crippen molar-refractivity contribution in [3.63, 3.8) is 0 Å². The Morgan fingerprint density at radius 2 is 1.89 bits per heavy atom. The molecule has 0 N–H and O–H groups in total. The molecule has 0 unspecified atom stereocenters. The van der Waals surface area contributed by atoms with Crippen molar-refractivity contribution in [2.45, 2.75) is 32.6 Å². The molecule has 0 saturated carbocycles. The minimum atomic E-state index is -0.866. The van der Waals surface area contributed by atoms with Gasteiger partial charge in [-0.2, -0.15) is 0 Å². The van der Waals surface area contributed by atoms with Crippen LogP contribution in [0, 0.1) is 11.7 Å². The molecule has 2 atom stereocenters. The summed E-state index contributed by atoms with van der Waals surface area (Å²) < 4.78 is 18.8. The normalized spacial score (nSPS) is 19.5. The van der Waals surface area contributed by atoms with E-state index in [2.05, 4.69) is 6.92 Å². The number of hydrogen-bond donors (Lipinski definition) is 0. The Balaban J connectivity index is 2.01. The van der Waals surface area contributed by atoms with Gasteiger partial charge in [0.05, 0.1) is 6.61 Å². The van der Waals surface area contributed by atoms with E-state index in [1.165, 1.54) is 23.8 Å². The largest absolute Gasteiger partial charge is 0.465 e. The molecule has 0 saturated heterocycles. The van der Waals surface area contributed by atoms with Gasteiger partial charge in [0.2, 0.25) is 0 Å². The lowest BCUT2D eigenvalue weighted by Gasteiger charge is -2.29. The average Bonchev–Trinajstić information content (AvgIpc) is 2.67. The van der Waals surface area contributed by atoms with Gasteiger partial charge >= 0.3 is 5.97 Å². The van der Waals surface area contributed by atoms with Gasteiger partial charge in [-0.3, -0.25) is 9.59 Å². The Kier molecular flexibility index (Phi) is 5.84. The summed E-state index contributed by atoms with van der Waals surface area (Å²) in [6.45, 7) is 4.03. The van der Waals surface area contributed by atoms with Crippen molar-refractivity contribution in [3.05, 3.63) is 77.1 Å². The van der Waals surface area contributed by atoms with E-state index in [0.29, 0.717) is 12.0 Å². The molecule has 2 aromatic carbocycles. The van der Waals surface area contributed by atoms with Gasteiger partial charge in [-0.25, -0.2) is 4.39 Å². The van der Waals surface area contributed by atoms with Gasteiger partial charge in [0, 0.05) is 5.92 Å². The summed E-state index contributed by atoms with van der Waals surface area (Å²) in [5, 5.41) is 0. The molecule has 1 aliphatic carbocycles. The molecule has 0 aliphatic heterocycles. The summed E-state index contributed by atoms with van der Waals surface area (Å²) in [4.78, 5) is 25.3. The maximum atomic E-state index is 13.6. The standard InChI is InChI=1S/C23H23FO3/c1-3-15-8-10-16(11-9-15)20-13-18(17-6-5-7-19(24)12-17)14-21(25)22(20)23(26)27-4-2/h5-12,14,20,22H,3-4,13H2,1-2H3/t20-,22-/m0/s1. The molecule has 27 heavy (non-hydrogen) atoms. The lowest BCUT2D eigenvalue weighted by molar-refractivity contribution is -0.151. The van der Waals surface area contributed by atoms with Crippen molar-refractivity contribution in [1.82, 2.24) is 0 Å². The second-order valence-corrected chi connectivity index (χ2v) is 6.72. The molecule has 140 valence electrons. The highest BCUT2D eigenvalue weighted by Crippen LogP contribution is 2.40. The summed E-state index contributed by atoms with van der Waals surface area (Å²) in [7, 11) is 0. The molecule has 0 heterocycles. The van der Waals surface area contributed by atoms with Crippen LogP contribution in [0.3, 0.4) is 0 Å². The van der Waals surface area contributed by atoms with Gasteiger partial charge in [0.15, 0.2) is 5.78 Å². The highest BCUT2D eigenvalue weighted by atomic mass is 19.1. The molecule has 3 nitrogen and oxygen atoms in total. The first-order valence-corrected chi connectivity index (χ1v) is 9.29. The second-order valence-electron chi connectivity index (χ2n) is 6.72. The van der Waals surface area contributed by atoms with Crippen LogP contribution in [-0.4, -0.2) is 18.4 Å². The SMILES string of the molecule is CCOC(=O)[C@@H]1C(=O)C=C(c2cccc(F)c2)C[C@H]1c1ccc(CC)cc1. The molecule has 2 aromatic rings. The smallest absolute Gasteiger partial charge is 0.317 e. The Bertz CT molecular complexity index is 867. The van der Waals surface area contributed by atoms with Crippen molar-refractivity contribution in [1.29, 1.82) is 0 Å². The van der Waals surface area contributed by atoms with E-state index in [0.717, 1.165) is 17.6 Å². The minimum absolute atomic E-state index is 0.227. The third kappa shape index (κ3) is 4.16. The highest BCUT2D eigenvalue weighted by Gasteiger charge is 2.39. The third-order valence-corrected chi connectivity index (χ3v) is 5.02. The number of ether oxygens (including phenoxy) is 1. The number of carbonyl (C=O) groups is 2. The van der Waals surface area contributed by atoms with Crippen LogP contribution in [0.25, 0.3) is 5.57 Å². The summed E-state index contributed by atoms with van der Waals surface area (Å²) in [6.07, 6.45) is 2.86. The van der Waals surface area contributed by atoms with Crippen molar-refractivity contribution in [2.24, 2.45) is 5.92 Å². The predicted molar refractivity (Wildman–Crippen MR) is 103 cm³/mol. The van der Waals surface area contributed by atoms with E-state index in [1.807, 2.05) is 24.3 Å². The van der Waals surface area contributed by atoms with Gasteiger partial charge in [-0.05, 0) is 60.2 Å². The number of carbonyl (C=O) groups excluding carboxylic acids is 2. The van der Waals surface area contributed by atoms with Crippen LogP contribution in [0.15, 0.2) is 54.6 Å². The lowest BCUT2D eigenvalue weighted by atomic mass is 9.73. The first-order chi connectivity index (χ1) is 13.0. The van der Waals surface area contributed by atoms with Crippen molar-refractivity contribution in [2.75, 3.05) is 6.61 Å². The first-order valence-electron chi connectivity index (χ1n) is 9.29. The lowest BCUT2D eigenvalue weighted by Crippen LogP contribution is -2.34. The first kappa shape index (κ1) is 19.0. The quantitative estimate of drug-likeness (QED) is 0.569. The Hall–Kier alpha value is -2.75. The van der Waals surface area contributed by atoms with E-state index < -0.39 is 11.9 Å². The number of allylic oxidation sites excluding steroid dienone is 2. The maximum absolute atomic E-state index is 13.6. The fourth-order valence-corrected chi connectivity index (χ4v) is 3.59. The van der Waals surface area contributed by atoms with E-state index in [-0.39, 0.29) is 24.1 Å². The maximum Gasteiger partial charge on any atom is 0.317 e. The zero-order chi connectivity index (χ0) is 19.4. The molecule has 0 fully saturated rings. The fraction of sp³-hybridized carbons (Fsp3) is 0.304. The predicted octanol–water partition coefficient (Wildman–Crippen LogP) is 4.71. The zero-order valence-corrected chi connectivity index (χ0v) is 15.6. The number of benzene rings is 2. The molecule has 1 aliphatic rings. The van der Waals surface area contributed by atoms with Crippen LogP contribution >= 0.6 is 0 Å². The number of hydrogen-bond acceptors (Lipinski definition) is 3. The van der Waals surface area contributed by atoms with Crippen LogP contribution in [0.1, 0.15) is 42.9 Å². The van der Waals surface area contributed by atoms with Crippen LogP contribution < -0.4 is 0 Å². The third-order valence-electron chi connectivity index (χ3n) is 5.02. The zero-order valence-electron chi connectivity index (χ0n) is 15.6. The van der Waals surface area contributed by atoms with E-state index >= 15 is 0 Å². The van der Waals surface area contributed by atoms with Crippen LogP contribution in [0.2, 0.25) is 0 Å². The number of rotatable bonds is 5. The van der Waals surface area contributed by atoms with E-state index in [1.54, 1.807) is 19.1 Å². The van der Waals surface area contributed by atoms with Gasteiger partial charge in [-0.15, -0.1) is 0 Å². The van der Waals surface area contributed by atoms with E-state index in [4.69, 9.17) is 4.74 Å². The Labute approximate surface area is 158 Å². The van der Waals surface area contributed by atoms with Crippen molar-refractivity contribution >= 4 is 17.3 Å². The second kappa shape index (κ2) is 8.30. The number of aryl methyl sites for hydroxylation is 1. The van der Waals surface area contributed by atoms with Crippen LogP contribution in [0.4, 0.5) is 4.39 Å². The topological polar surface area (TPSA) is 43.4 Å². The van der Waals surface area contributed by atoms with E-state index in [9.17, 15) is 14.0 Å². The number of esters is 1. The minimum Gasteiger partial charge on any atom is -0.465 e. The average molecular weight is 366 g/mol. The summed E-state index contributed by atoms with van der Waals surface area (Å²) >= 11 is 0. The monoisotopic (exact) mass is 366 g/mol. The van der Waals surface area contributed by atoms with Gasteiger partial charge in [-0.1, -0.05) is 43.3 Å². The van der Waals surface area contributed by atoms with Crippen LogP contribution in [0.5, 0.6) is 0 Å². The van der Waals surface area contributed by atoms with Gasteiger partial charge < -0.3 is 4.74 Å². The summed E-state index contributed by atoms with van der Waals surface area (Å²) in [6, 6.07) is 14.2. The number of halogens is 1. The molecule has 0 spiro atoms. The number of ketones is 1. The molecule has 3 rings (SSSR count). The molecular weight excluding hydrogens is 343 g/mol. The fourth-order valence-electron chi connectivity index (χ4n) is 3.59. The van der Waals surface area contributed by atoms with Gasteiger partial charge in [0.25, 0.3) is 0 Å². The Morgan fingerprint density at radius 1 is 1.15 bits per heavy atom. The summed E-state index contributed by atoms with van der Waals surface area (Å²) in [5.74, 6) is -2.33. The van der Waals surface area contributed by atoms with Crippen LogP contribution in [-0.2, 0) is 20.7 Å². The van der Waals surface area contributed by atoms with Crippen molar-refractivity contribution in [3.8, 4) is 0 Å². The molecule has 0 aromatic heterocycles. The van der Waals surface area contributed by atoms with Gasteiger partial charge in [0.1, 0.15) is 11.7 Å². The molecule has 4 heteroatoms.